The molecule has 1 aliphatic carbocycles. The molecule has 0 aromatic carbocycles. The summed E-state index contributed by atoms with van der Waals surface area (Å²) >= 11 is 0. The second-order valence-corrected chi connectivity index (χ2v) is 4.20. The lowest BCUT2D eigenvalue weighted by molar-refractivity contribution is 0.0690. The van der Waals surface area contributed by atoms with E-state index in [1.807, 2.05) is 13.0 Å². The monoisotopic (exact) mass is 257 g/mol. The number of nitrogens with one attached hydrogen (secondary N) is 1. The van der Waals surface area contributed by atoms with Crippen LogP contribution in [0, 0.1) is 0 Å². The van der Waals surface area contributed by atoms with Crippen molar-refractivity contribution in [3.05, 3.63) is 40.3 Å². The van der Waals surface area contributed by atoms with Gasteiger partial charge >= 0.3 is 5.97 Å². The van der Waals surface area contributed by atoms with Gasteiger partial charge in [-0.25, -0.2) is 4.79 Å². The van der Waals surface area contributed by atoms with Crippen molar-refractivity contribution in [1.29, 1.82) is 0 Å². The predicted molar refractivity (Wildman–Crippen MR) is 69.6 cm³/mol. The highest BCUT2D eigenvalue weighted by Crippen LogP contribution is 2.29. The molecule has 2 heterocycles. The van der Waals surface area contributed by atoms with Crippen molar-refractivity contribution in [3.8, 4) is 11.3 Å². The third-order valence-corrected chi connectivity index (χ3v) is 3.14. The number of hydrogen-bond acceptors (Lipinski definition) is 3. The number of carboxylic acids is 1. The van der Waals surface area contributed by atoms with E-state index in [1.54, 1.807) is 16.9 Å². The van der Waals surface area contributed by atoms with Crippen molar-refractivity contribution in [2.24, 2.45) is 0 Å². The number of carboxylic acid groups (broad SMARTS) is 1. The molecular formula is C13H11N3O3. The molecule has 6 heteroatoms. The van der Waals surface area contributed by atoms with Crippen molar-refractivity contribution >= 4 is 16.9 Å². The van der Waals surface area contributed by atoms with E-state index in [4.69, 9.17) is 0 Å². The number of rotatable bonds is 2. The molecular weight excluding hydrogens is 246 g/mol. The average Bonchev–Trinajstić information content (AvgIpc) is 2.79. The molecule has 0 saturated heterocycles. The first-order valence-electron chi connectivity index (χ1n) is 5.87. The summed E-state index contributed by atoms with van der Waals surface area (Å²) in [5.41, 5.74) is 0.957. The highest BCUT2D eigenvalue weighted by Gasteiger charge is 2.25. The number of aromatic carboxylic acids is 1. The first kappa shape index (κ1) is 11.5. The molecule has 2 N–H and O–H groups in total. The SMILES string of the molecule is CCn1[nH]c(C(=O)O)c2c(=O)cc3ncccc3c1-2. The number of aromatic amines is 1. The van der Waals surface area contributed by atoms with Gasteiger partial charge in [0.15, 0.2) is 11.1 Å². The first-order valence-corrected chi connectivity index (χ1v) is 5.87. The van der Waals surface area contributed by atoms with Gasteiger partial charge in [-0.05, 0) is 19.1 Å². The third kappa shape index (κ3) is 1.53. The van der Waals surface area contributed by atoms with Crippen LogP contribution >= 0.6 is 0 Å². The fourth-order valence-corrected chi connectivity index (χ4v) is 2.34. The molecule has 0 fully saturated rings. The van der Waals surface area contributed by atoms with Gasteiger partial charge in [-0.1, -0.05) is 0 Å². The Labute approximate surface area is 107 Å². The summed E-state index contributed by atoms with van der Waals surface area (Å²) in [5, 5.41) is 12.7. The van der Waals surface area contributed by atoms with E-state index in [9.17, 15) is 14.7 Å². The number of aryl methyl sites for hydroxylation is 1. The molecule has 0 spiro atoms. The number of hydrogen-bond donors (Lipinski definition) is 2. The Hall–Kier alpha value is -2.63. The minimum atomic E-state index is -1.14. The average molecular weight is 257 g/mol. The highest BCUT2D eigenvalue weighted by atomic mass is 16.4. The van der Waals surface area contributed by atoms with Crippen molar-refractivity contribution < 1.29 is 9.90 Å². The van der Waals surface area contributed by atoms with Crippen molar-refractivity contribution in [1.82, 2.24) is 14.8 Å². The van der Waals surface area contributed by atoms with Crippen LogP contribution in [0.15, 0.2) is 29.2 Å². The Morgan fingerprint density at radius 1 is 1.53 bits per heavy atom. The molecule has 0 amide bonds. The zero-order chi connectivity index (χ0) is 13.6. The first-order chi connectivity index (χ1) is 9.13. The van der Waals surface area contributed by atoms with Crippen molar-refractivity contribution in [3.63, 3.8) is 0 Å². The van der Waals surface area contributed by atoms with Crippen LogP contribution in [0.1, 0.15) is 17.4 Å². The van der Waals surface area contributed by atoms with Crippen LogP contribution in [0.2, 0.25) is 0 Å². The van der Waals surface area contributed by atoms with Crippen LogP contribution in [0.5, 0.6) is 0 Å². The number of fused-ring (bicyclic) bond motifs is 3. The maximum absolute atomic E-state index is 12.1. The van der Waals surface area contributed by atoms with Crippen LogP contribution in [0.4, 0.5) is 0 Å². The Balaban J connectivity index is 2.56. The maximum Gasteiger partial charge on any atom is 0.354 e. The summed E-state index contributed by atoms with van der Waals surface area (Å²) in [5.74, 6) is -1.14. The molecule has 0 saturated carbocycles. The fraction of sp³-hybridized carbons (Fsp3) is 0.154. The molecule has 19 heavy (non-hydrogen) atoms. The molecule has 0 atom stereocenters. The molecule has 0 radical (unpaired) electrons. The van der Waals surface area contributed by atoms with E-state index in [0.717, 1.165) is 5.39 Å². The minimum Gasteiger partial charge on any atom is -0.477 e. The minimum absolute atomic E-state index is 0.0763. The maximum atomic E-state index is 12.1. The van der Waals surface area contributed by atoms with E-state index < -0.39 is 5.97 Å². The lowest BCUT2D eigenvalue weighted by atomic mass is 10.0. The summed E-state index contributed by atoms with van der Waals surface area (Å²) in [6.07, 6.45) is 1.61. The second-order valence-electron chi connectivity index (χ2n) is 4.20. The van der Waals surface area contributed by atoms with Gasteiger partial charge in [0, 0.05) is 24.2 Å². The van der Waals surface area contributed by atoms with E-state index in [-0.39, 0.29) is 16.7 Å². The molecule has 0 bridgehead atoms. The number of H-pyrrole nitrogens is 1. The lowest BCUT2D eigenvalue weighted by Gasteiger charge is -2.07. The largest absolute Gasteiger partial charge is 0.477 e. The van der Waals surface area contributed by atoms with Crippen LogP contribution in [0.25, 0.3) is 22.2 Å². The molecule has 1 aliphatic heterocycles. The van der Waals surface area contributed by atoms with Crippen molar-refractivity contribution in [2.45, 2.75) is 13.5 Å². The Kier molecular flexibility index (Phi) is 2.38. The Bertz CT molecular complexity index is 816. The summed E-state index contributed by atoms with van der Waals surface area (Å²) in [4.78, 5) is 27.5. The van der Waals surface area contributed by atoms with E-state index in [2.05, 4.69) is 10.1 Å². The van der Waals surface area contributed by atoms with Gasteiger partial charge in [0.2, 0.25) is 0 Å². The van der Waals surface area contributed by atoms with Gasteiger partial charge < -0.3 is 5.11 Å². The Morgan fingerprint density at radius 3 is 3.00 bits per heavy atom. The summed E-state index contributed by atoms with van der Waals surface area (Å²) in [6, 6.07) is 4.97. The number of pyridine rings is 1. The van der Waals surface area contributed by atoms with Gasteiger partial charge in [-0.3, -0.25) is 19.6 Å². The molecule has 1 aromatic rings. The molecule has 1 aromatic heterocycles. The summed E-state index contributed by atoms with van der Waals surface area (Å²) < 4.78 is 1.66. The summed E-state index contributed by atoms with van der Waals surface area (Å²) in [7, 11) is 0. The topological polar surface area (TPSA) is 88.0 Å². The number of nitrogens with zero attached hydrogens (tertiary/aromatic N) is 2. The number of benzene rings is 1. The Morgan fingerprint density at radius 2 is 2.32 bits per heavy atom. The van der Waals surface area contributed by atoms with Gasteiger partial charge in [-0.15, -0.1) is 0 Å². The van der Waals surface area contributed by atoms with Gasteiger partial charge in [0.1, 0.15) is 0 Å². The van der Waals surface area contributed by atoms with Crippen LogP contribution in [-0.4, -0.2) is 25.8 Å². The fourth-order valence-electron chi connectivity index (χ4n) is 2.34. The standard InChI is InChI=1S/C13H11N3O3/c1-2-16-12-7-4-3-5-14-8(7)6-9(17)10(12)11(15-16)13(18)19/h3-6,15H,2H2,1H3,(H,18,19). The van der Waals surface area contributed by atoms with E-state index in [0.29, 0.717) is 17.8 Å². The third-order valence-electron chi connectivity index (χ3n) is 3.14. The zero-order valence-corrected chi connectivity index (χ0v) is 10.2. The molecule has 6 nitrogen and oxygen atoms in total. The molecule has 3 rings (SSSR count). The molecule has 2 aliphatic rings. The van der Waals surface area contributed by atoms with Crippen LogP contribution < -0.4 is 5.43 Å². The molecule has 0 unspecified atom stereocenters. The number of carbonyl (C=O) groups is 1. The number of aromatic nitrogens is 3. The summed E-state index contributed by atoms with van der Waals surface area (Å²) in [6.45, 7) is 2.42. The van der Waals surface area contributed by atoms with E-state index >= 15 is 0 Å². The van der Waals surface area contributed by atoms with Crippen LogP contribution in [-0.2, 0) is 6.54 Å². The van der Waals surface area contributed by atoms with Crippen molar-refractivity contribution in [2.75, 3.05) is 0 Å². The highest BCUT2D eigenvalue weighted by molar-refractivity contribution is 6.02. The normalized spacial score (nSPS) is 11.2. The van der Waals surface area contributed by atoms with Gasteiger partial charge in [0.05, 0.1) is 16.8 Å². The lowest BCUT2D eigenvalue weighted by Crippen LogP contribution is -2.10. The van der Waals surface area contributed by atoms with Gasteiger partial charge in [0.25, 0.3) is 0 Å². The zero-order valence-electron chi connectivity index (χ0n) is 10.2. The van der Waals surface area contributed by atoms with E-state index in [1.165, 1.54) is 6.07 Å². The predicted octanol–water partition coefficient (Wildman–Crippen LogP) is 1.55. The molecule has 96 valence electrons. The second kappa shape index (κ2) is 3.94. The smallest absolute Gasteiger partial charge is 0.354 e. The van der Waals surface area contributed by atoms with Crippen LogP contribution in [0.3, 0.4) is 0 Å². The van der Waals surface area contributed by atoms with Gasteiger partial charge in [-0.2, -0.15) is 0 Å². The quantitative estimate of drug-likeness (QED) is 0.729.